The summed E-state index contributed by atoms with van der Waals surface area (Å²) in [6.07, 6.45) is 1.52. The van der Waals surface area contributed by atoms with Crippen molar-refractivity contribution in [1.29, 1.82) is 0 Å². The average molecular weight is 491 g/mol. The molecule has 2 aromatic rings. The van der Waals surface area contributed by atoms with Crippen LogP contribution in [0.25, 0.3) is 0 Å². The van der Waals surface area contributed by atoms with Crippen LogP contribution in [-0.4, -0.2) is 31.6 Å². The number of hydrogen-bond donors (Lipinski definition) is 1. The SMILES string of the molecule is COC(=O)C(Cl)C1(Sc2ccccc2NS(=O)(=O)c2ccc(Br)cc2)CC1. The molecule has 9 heteroatoms. The van der Waals surface area contributed by atoms with Crippen LogP contribution in [0.2, 0.25) is 0 Å². The number of para-hydroxylation sites is 1. The summed E-state index contributed by atoms with van der Waals surface area (Å²) in [5.74, 6) is -0.477. The van der Waals surface area contributed by atoms with E-state index < -0.39 is 26.1 Å². The van der Waals surface area contributed by atoms with Crippen LogP contribution < -0.4 is 4.72 Å². The van der Waals surface area contributed by atoms with Gasteiger partial charge in [0.05, 0.1) is 17.7 Å². The number of alkyl halides is 1. The van der Waals surface area contributed by atoms with Crippen LogP contribution in [0.15, 0.2) is 62.8 Å². The van der Waals surface area contributed by atoms with Crippen molar-refractivity contribution in [2.24, 2.45) is 0 Å². The number of thioether (sulfide) groups is 1. The number of sulfonamides is 1. The molecule has 0 aromatic heterocycles. The molecule has 0 amide bonds. The van der Waals surface area contributed by atoms with Gasteiger partial charge in [0.25, 0.3) is 10.0 Å². The first kappa shape index (κ1) is 20.5. The maximum atomic E-state index is 12.7. The molecule has 1 saturated carbocycles. The number of esters is 1. The van der Waals surface area contributed by atoms with Crippen LogP contribution in [0.4, 0.5) is 5.69 Å². The molecule has 144 valence electrons. The Morgan fingerprint density at radius 3 is 2.44 bits per heavy atom. The topological polar surface area (TPSA) is 72.5 Å². The predicted octanol–water partition coefficient (Wildman–Crippen LogP) is 4.66. The molecule has 1 aliphatic rings. The minimum atomic E-state index is -3.74. The van der Waals surface area contributed by atoms with Gasteiger partial charge in [-0.25, -0.2) is 8.42 Å². The molecule has 1 unspecified atom stereocenters. The van der Waals surface area contributed by atoms with Crippen molar-refractivity contribution in [1.82, 2.24) is 0 Å². The average Bonchev–Trinajstić information content (AvgIpc) is 3.43. The summed E-state index contributed by atoms with van der Waals surface area (Å²) in [4.78, 5) is 12.7. The number of ether oxygens (including phenoxy) is 1. The third-order valence-electron chi connectivity index (χ3n) is 4.18. The summed E-state index contributed by atoms with van der Waals surface area (Å²) in [5, 5.41) is -0.788. The monoisotopic (exact) mass is 489 g/mol. The Hall–Kier alpha value is -1.22. The molecule has 1 aliphatic carbocycles. The molecule has 2 aromatic carbocycles. The molecule has 1 N–H and O–H groups in total. The van der Waals surface area contributed by atoms with Crippen LogP contribution in [-0.2, 0) is 19.6 Å². The van der Waals surface area contributed by atoms with E-state index >= 15 is 0 Å². The van der Waals surface area contributed by atoms with Crippen LogP contribution in [0, 0.1) is 0 Å². The van der Waals surface area contributed by atoms with Crippen molar-refractivity contribution in [3.63, 3.8) is 0 Å². The minimum absolute atomic E-state index is 0.163. The van der Waals surface area contributed by atoms with Crippen molar-refractivity contribution in [2.75, 3.05) is 11.8 Å². The number of halogens is 2. The van der Waals surface area contributed by atoms with Crippen LogP contribution in [0.5, 0.6) is 0 Å². The highest BCUT2D eigenvalue weighted by Crippen LogP contribution is 2.57. The normalized spacial score (nSPS) is 16.4. The largest absolute Gasteiger partial charge is 0.468 e. The van der Waals surface area contributed by atoms with Gasteiger partial charge in [-0.3, -0.25) is 9.52 Å². The van der Waals surface area contributed by atoms with Crippen LogP contribution in [0.1, 0.15) is 12.8 Å². The zero-order chi connectivity index (χ0) is 19.7. The van der Waals surface area contributed by atoms with Gasteiger partial charge in [0, 0.05) is 14.1 Å². The lowest BCUT2D eigenvalue weighted by molar-refractivity contribution is -0.140. The maximum Gasteiger partial charge on any atom is 0.325 e. The first-order valence-electron chi connectivity index (χ1n) is 8.06. The number of nitrogens with one attached hydrogen (secondary N) is 1. The van der Waals surface area contributed by atoms with E-state index in [9.17, 15) is 13.2 Å². The van der Waals surface area contributed by atoms with Crippen LogP contribution in [0.3, 0.4) is 0 Å². The molecule has 27 heavy (non-hydrogen) atoms. The van der Waals surface area contributed by atoms with Crippen molar-refractivity contribution >= 4 is 61.0 Å². The fourth-order valence-electron chi connectivity index (χ4n) is 2.53. The smallest absolute Gasteiger partial charge is 0.325 e. The first-order chi connectivity index (χ1) is 12.8. The van der Waals surface area contributed by atoms with Crippen LogP contribution >= 0.6 is 39.3 Å². The minimum Gasteiger partial charge on any atom is -0.468 e. The Morgan fingerprint density at radius 2 is 1.85 bits per heavy atom. The highest BCUT2D eigenvalue weighted by molar-refractivity contribution is 9.10. The fraction of sp³-hybridized carbons (Fsp3) is 0.278. The lowest BCUT2D eigenvalue weighted by atomic mass is 10.3. The second-order valence-electron chi connectivity index (χ2n) is 6.11. The Kier molecular flexibility index (Phi) is 6.10. The fourth-order valence-corrected chi connectivity index (χ4v) is 5.69. The second-order valence-corrected chi connectivity index (χ2v) is 10.6. The van der Waals surface area contributed by atoms with Gasteiger partial charge in [0.1, 0.15) is 5.38 Å². The molecule has 0 heterocycles. The molecule has 0 spiro atoms. The summed E-state index contributed by atoms with van der Waals surface area (Å²) in [6.45, 7) is 0. The first-order valence-corrected chi connectivity index (χ1v) is 11.6. The summed E-state index contributed by atoms with van der Waals surface area (Å²) in [6, 6.07) is 13.5. The van der Waals surface area contributed by atoms with E-state index in [2.05, 4.69) is 20.7 Å². The number of carbonyl (C=O) groups is 1. The lowest BCUT2D eigenvalue weighted by Gasteiger charge is -2.21. The number of hydrogen-bond acceptors (Lipinski definition) is 5. The van der Waals surface area contributed by atoms with Gasteiger partial charge in [-0.05, 0) is 49.2 Å². The molecule has 0 bridgehead atoms. The van der Waals surface area contributed by atoms with E-state index in [0.717, 1.165) is 17.3 Å². The summed E-state index contributed by atoms with van der Waals surface area (Å²) in [7, 11) is -2.43. The molecular weight excluding hydrogens is 474 g/mol. The Balaban J connectivity index is 1.85. The van der Waals surface area contributed by atoms with E-state index in [1.807, 2.05) is 12.1 Å². The standard InChI is InChI=1S/C18H17BrClNO4S2/c1-25-17(22)16(20)18(10-11-18)26-15-5-3-2-4-14(15)21-27(23,24)13-8-6-12(19)7-9-13/h2-9,16,21H,10-11H2,1H3. The van der Waals surface area contributed by atoms with Gasteiger partial charge in [-0.15, -0.1) is 23.4 Å². The van der Waals surface area contributed by atoms with E-state index in [1.54, 1.807) is 24.3 Å². The van der Waals surface area contributed by atoms with Gasteiger partial charge < -0.3 is 4.74 Å². The summed E-state index contributed by atoms with van der Waals surface area (Å²) < 4.78 is 33.1. The summed E-state index contributed by atoms with van der Waals surface area (Å²) >= 11 is 11.0. The van der Waals surface area contributed by atoms with E-state index in [1.165, 1.54) is 31.0 Å². The molecule has 0 aliphatic heterocycles. The Morgan fingerprint density at radius 1 is 1.22 bits per heavy atom. The number of rotatable bonds is 7. The molecule has 0 radical (unpaired) electrons. The third-order valence-corrected chi connectivity index (χ3v) is 8.44. The summed E-state index contributed by atoms with van der Waals surface area (Å²) in [5.41, 5.74) is 0.449. The molecular formula is C18H17BrClNO4S2. The van der Waals surface area contributed by atoms with Crippen molar-refractivity contribution < 1.29 is 17.9 Å². The lowest BCUT2D eigenvalue weighted by Crippen LogP contribution is -2.29. The molecule has 0 saturated heterocycles. The zero-order valence-electron chi connectivity index (χ0n) is 14.3. The Bertz CT molecular complexity index is 946. The molecule has 5 nitrogen and oxygen atoms in total. The molecule has 1 fully saturated rings. The van der Waals surface area contributed by atoms with Gasteiger partial charge >= 0.3 is 5.97 Å². The quantitative estimate of drug-likeness (QED) is 0.452. The number of methoxy groups -OCH3 is 1. The van der Waals surface area contributed by atoms with Crippen molar-refractivity contribution in [2.45, 2.75) is 32.8 Å². The maximum absolute atomic E-state index is 12.7. The van der Waals surface area contributed by atoms with Gasteiger partial charge in [0.15, 0.2) is 0 Å². The van der Waals surface area contributed by atoms with Crippen molar-refractivity contribution in [3.05, 3.63) is 53.0 Å². The van der Waals surface area contributed by atoms with Crippen molar-refractivity contribution in [3.8, 4) is 0 Å². The van der Waals surface area contributed by atoms with E-state index in [0.29, 0.717) is 10.6 Å². The number of anilines is 1. The van der Waals surface area contributed by atoms with E-state index in [4.69, 9.17) is 16.3 Å². The molecule has 3 rings (SSSR count). The Labute approximate surface area is 176 Å². The predicted molar refractivity (Wildman–Crippen MR) is 111 cm³/mol. The van der Waals surface area contributed by atoms with E-state index in [-0.39, 0.29) is 4.90 Å². The highest BCUT2D eigenvalue weighted by Gasteiger charge is 2.53. The zero-order valence-corrected chi connectivity index (χ0v) is 18.3. The third kappa shape index (κ3) is 4.62. The second kappa shape index (κ2) is 8.03. The van der Waals surface area contributed by atoms with Gasteiger partial charge in [0.2, 0.25) is 0 Å². The number of benzene rings is 2. The number of carbonyl (C=O) groups excluding carboxylic acids is 1. The highest BCUT2D eigenvalue weighted by atomic mass is 79.9. The molecule has 1 atom stereocenters. The van der Waals surface area contributed by atoms with Gasteiger partial charge in [-0.2, -0.15) is 0 Å². The van der Waals surface area contributed by atoms with Gasteiger partial charge in [-0.1, -0.05) is 28.1 Å².